The first-order chi connectivity index (χ1) is 64.7. The summed E-state index contributed by atoms with van der Waals surface area (Å²) in [5, 5.41) is 45.1. The predicted molar refractivity (Wildman–Crippen MR) is 523 cm³/mol. The number of nitrogens with two attached hydrogens (primary N) is 1. The van der Waals surface area contributed by atoms with Crippen molar-refractivity contribution < 1.29 is 116 Å². The van der Waals surface area contributed by atoms with Crippen molar-refractivity contribution in [1.29, 1.82) is 0 Å². The van der Waals surface area contributed by atoms with E-state index >= 15 is 0 Å². The Balaban J connectivity index is 0.000000371. The molecule has 0 aliphatic carbocycles. The number of hydrogen-bond acceptors (Lipinski definition) is 29. The molecule has 38 nitrogen and oxygen atoms in total. The summed E-state index contributed by atoms with van der Waals surface area (Å²) in [5.41, 5.74) is 5.58. The number of ketones is 4. The fraction of sp³-hybridized carbons (Fsp3) is 0.596. The van der Waals surface area contributed by atoms with E-state index in [1.165, 1.54) is 61.6 Å². The third-order valence-electron chi connectivity index (χ3n) is 21.4. The second kappa shape index (κ2) is 59.6. The number of aliphatic carboxylic acids is 2. The highest BCUT2D eigenvalue weighted by Crippen LogP contribution is 2.32. The van der Waals surface area contributed by atoms with E-state index in [0.717, 1.165) is 129 Å². The zero-order chi connectivity index (χ0) is 103. The lowest BCUT2D eigenvalue weighted by Gasteiger charge is -2.36. The number of nitro groups is 2. The number of alkyl halides is 1. The first-order valence-corrected chi connectivity index (χ1v) is 48.1. The average molecular weight is 2000 g/mol. The standard InChI is InChI=1S/C34H47N3O9.C19H27N3O5.C19H29N3O3.C10H10BrNO3.C9H18N2O2.C8H14O4/c1-4-30(41)45-23-34(2,3)31(42)32(43)37-21-9-6-14-26(37)33(44)46-27(15-11-20-36-18-7-5-8-19-36)24-12-10-13-25(22-24)35-28(38)16-17-29(39)40;1-19(2,3)27-18(24)21-12-10-20(11-13-21)9-5-8-17(23)15-6-4-7-16(14-15)22(25)26;1-19(2,3)25-18(24)22-12-10-21(11-13-22)9-5-8-17(23)15-6-4-7-16(20)14-15;11-6-2-5-10(13)8-3-1-4-9(7-8)12(14)15;1-9(2,3)13-8(12)11-6-4-10-5-7-11;1-8(2,3)12-7(11)5-4-6(9)10/h4,10,12-13,22,26-27H,1,5-9,11,14-21,23H2,2-3H3,(H,35,38)(H,39,40);4,6-7,14H,5,8-13H2,1-3H3;4,6-7,14H,5,8-13,20H2,1-3H3;1,3-4,7H,2,5-6H2;10H,4-7H2,1-3H3;4-5H2,1-3H3,(H,9,10)/t26-,27+;;;;;/m0...../s1. The summed E-state index contributed by atoms with van der Waals surface area (Å²) in [6.45, 7) is 41.6. The lowest BCUT2D eigenvalue weighted by Crippen LogP contribution is -2.53. The third-order valence-corrected chi connectivity index (χ3v) is 21.9. The molecule has 0 spiro atoms. The van der Waals surface area contributed by atoms with Gasteiger partial charge < -0.3 is 79.5 Å². The number of amides is 5. The molecule has 0 radical (unpaired) electrons. The van der Waals surface area contributed by atoms with E-state index in [1.807, 2.05) is 62.3 Å². The van der Waals surface area contributed by atoms with Gasteiger partial charge in [-0.25, -0.2) is 24.0 Å². The Morgan fingerprint density at radius 1 is 0.507 bits per heavy atom. The Hall–Kier alpha value is -11.7. The van der Waals surface area contributed by atoms with Crippen LogP contribution in [0.3, 0.4) is 0 Å². The minimum absolute atomic E-state index is 0.0420. The summed E-state index contributed by atoms with van der Waals surface area (Å²) in [7, 11) is 0. The maximum atomic E-state index is 13.8. The van der Waals surface area contributed by atoms with E-state index in [2.05, 4.69) is 47.8 Å². The SMILES string of the molecule is C=CC(=O)OCC(C)(C)C(=O)C(=O)N1CCCC[C@H]1C(=O)O[C@H](CCCN1CCCCC1)c1cccc(NC(=O)CCC(=O)O)c1.CC(C)(C)OC(=O)CCC(=O)O.CC(C)(C)OC(=O)N1CCN(CCCC(=O)c2cccc(N)c2)CC1.CC(C)(C)OC(=O)N1CCN(CCCC(=O)c2cccc([N+](=O)[O-])c2)CC1.CC(C)(C)OC(=O)N1CCNCC1.O=C(CCCBr)c1cccc([N+](=O)[O-])c1. The summed E-state index contributed by atoms with van der Waals surface area (Å²) in [6, 6.07) is 24.7. The van der Waals surface area contributed by atoms with Gasteiger partial charge in [0, 0.05) is 175 Å². The topological polar surface area (TPSA) is 494 Å². The minimum Gasteiger partial charge on any atom is -0.481 e. The molecule has 764 valence electrons. The number of halogens is 1. The number of piperazine rings is 3. The van der Waals surface area contributed by atoms with Crippen molar-refractivity contribution in [2.24, 2.45) is 5.41 Å². The van der Waals surface area contributed by atoms with Gasteiger partial charge in [-0.05, 0) is 224 Å². The minimum atomic E-state index is -1.31. The predicted octanol–water partition coefficient (Wildman–Crippen LogP) is 14.9. The third kappa shape index (κ3) is 48.6. The number of rotatable bonds is 35. The van der Waals surface area contributed by atoms with Gasteiger partial charge in [0.15, 0.2) is 17.3 Å². The molecular weight excluding hydrogens is 1850 g/mol. The van der Waals surface area contributed by atoms with Crippen molar-refractivity contribution >= 4 is 122 Å². The highest BCUT2D eigenvalue weighted by Gasteiger charge is 2.43. The van der Waals surface area contributed by atoms with Gasteiger partial charge in [-0.3, -0.25) is 73.2 Å². The van der Waals surface area contributed by atoms with E-state index in [1.54, 1.807) is 96.1 Å². The Morgan fingerprint density at radius 2 is 0.935 bits per heavy atom. The molecule has 0 unspecified atom stereocenters. The van der Waals surface area contributed by atoms with Crippen LogP contribution in [0.4, 0.5) is 37.1 Å². The monoisotopic (exact) mass is 2000 g/mol. The first kappa shape index (κ1) is 119. The van der Waals surface area contributed by atoms with Gasteiger partial charge in [0.05, 0.1) is 34.5 Å². The summed E-state index contributed by atoms with van der Waals surface area (Å²) >= 11 is 3.23. The molecule has 9 rings (SSSR count). The Morgan fingerprint density at radius 3 is 1.38 bits per heavy atom. The fourth-order valence-electron chi connectivity index (χ4n) is 14.3. The Labute approximate surface area is 818 Å². The summed E-state index contributed by atoms with van der Waals surface area (Å²) in [4.78, 5) is 201. The number of ether oxygens (including phenoxy) is 6. The number of carboxylic acid groups (broad SMARTS) is 2. The molecule has 2 atom stereocenters. The molecular formula is C99H145BrN12O26. The maximum Gasteiger partial charge on any atom is 0.410 e. The van der Waals surface area contributed by atoms with Crippen LogP contribution in [0.15, 0.2) is 110 Å². The molecule has 0 saturated carbocycles. The lowest BCUT2D eigenvalue weighted by molar-refractivity contribution is -0.385. The molecule has 138 heavy (non-hydrogen) atoms. The van der Waals surface area contributed by atoms with Crippen LogP contribution in [0.25, 0.3) is 0 Å². The van der Waals surface area contributed by atoms with Gasteiger partial charge >= 0.3 is 48.1 Å². The largest absolute Gasteiger partial charge is 0.481 e. The average Bonchev–Trinajstić information content (AvgIpc) is 0.800. The number of carbonyl (C=O) groups is 14. The number of hydrogen-bond donors (Lipinski definition) is 5. The number of esters is 3. The van der Waals surface area contributed by atoms with Gasteiger partial charge in [0.25, 0.3) is 17.3 Å². The van der Waals surface area contributed by atoms with Crippen LogP contribution in [0.1, 0.15) is 255 Å². The molecule has 6 N–H and O–H groups in total. The van der Waals surface area contributed by atoms with Crippen molar-refractivity contribution in [3.05, 3.63) is 152 Å². The highest BCUT2D eigenvalue weighted by molar-refractivity contribution is 9.09. The summed E-state index contributed by atoms with van der Waals surface area (Å²) in [6.07, 6.45) is 8.74. The summed E-state index contributed by atoms with van der Waals surface area (Å²) in [5.74, 6) is -5.90. The second-order valence-electron chi connectivity index (χ2n) is 38.4. The fourth-order valence-corrected chi connectivity index (χ4v) is 14.6. The number of Topliss-reactive ketones (excluding diaryl/α,β-unsaturated/α-hetero) is 4. The van der Waals surface area contributed by atoms with E-state index in [9.17, 15) is 87.4 Å². The van der Waals surface area contributed by atoms with Crippen molar-refractivity contribution in [3.8, 4) is 0 Å². The Kier molecular flexibility index (Phi) is 51.2. The lowest BCUT2D eigenvalue weighted by atomic mass is 9.87. The second-order valence-corrected chi connectivity index (χ2v) is 39.2. The number of anilines is 2. The highest BCUT2D eigenvalue weighted by atomic mass is 79.9. The quantitative estimate of drug-likeness (QED) is 0.00329. The van der Waals surface area contributed by atoms with E-state index in [0.29, 0.717) is 111 Å². The number of non-ortho nitro benzene ring substituents is 2. The molecule has 5 aliphatic heterocycles. The molecule has 5 amide bonds. The first-order valence-electron chi connectivity index (χ1n) is 47.0. The van der Waals surface area contributed by atoms with Crippen LogP contribution in [0.2, 0.25) is 0 Å². The van der Waals surface area contributed by atoms with Crippen molar-refractivity contribution in [2.75, 3.05) is 141 Å². The number of nitrogen functional groups attached to an aromatic ring is 1. The number of likely N-dealkylation sites (tertiary alicyclic amines) is 2. The number of nitro benzene ring substituents is 2. The number of benzene rings is 4. The van der Waals surface area contributed by atoms with Crippen molar-refractivity contribution in [1.82, 2.24) is 39.6 Å². The molecule has 4 aromatic carbocycles. The molecule has 5 fully saturated rings. The van der Waals surface area contributed by atoms with Crippen LogP contribution < -0.4 is 16.4 Å². The van der Waals surface area contributed by atoms with Gasteiger partial charge in [0.2, 0.25) is 11.7 Å². The zero-order valence-electron chi connectivity index (χ0n) is 82.7. The molecule has 5 saturated heterocycles. The number of nitrogens with one attached hydrogen (secondary N) is 2. The zero-order valence-corrected chi connectivity index (χ0v) is 84.3. The number of piperidine rings is 2. The smallest absolute Gasteiger partial charge is 0.410 e. The molecule has 5 aliphatic rings. The summed E-state index contributed by atoms with van der Waals surface area (Å²) < 4.78 is 32.0. The number of carbonyl (C=O) groups excluding carboxylic acids is 12. The molecule has 39 heteroatoms. The van der Waals surface area contributed by atoms with Gasteiger partial charge in [0.1, 0.15) is 41.2 Å². The van der Waals surface area contributed by atoms with Crippen LogP contribution in [0.5, 0.6) is 0 Å². The van der Waals surface area contributed by atoms with E-state index in [-0.39, 0.29) is 91.4 Å². The van der Waals surface area contributed by atoms with E-state index in [4.69, 9.17) is 44.4 Å². The van der Waals surface area contributed by atoms with Gasteiger partial charge in [-0.2, -0.15) is 0 Å². The normalized spacial score (nSPS) is 15.6. The van der Waals surface area contributed by atoms with Crippen molar-refractivity contribution in [3.63, 3.8) is 0 Å². The maximum absolute atomic E-state index is 13.8. The van der Waals surface area contributed by atoms with Gasteiger partial charge in [-0.1, -0.05) is 77.5 Å². The molecule has 4 aromatic rings. The van der Waals surface area contributed by atoms with Crippen LogP contribution >= 0.6 is 15.9 Å². The van der Waals surface area contributed by atoms with Crippen LogP contribution in [-0.2, 0) is 66.8 Å². The van der Waals surface area contributed by atoms with E-state index < -0.39 is 91.7 Å². The molecule has 0 bridgehead atoms. The number of nitrogens with zero attached hydrogens (tertiary/aromatic N) is 9. The van der Waals surface area contributed by atoms with Crippen molar-refractivity contribution in [2.45, 2.75) is 247 Å². The molecule has 0 aromatic heterocycles. The van der Waals surface area contributed by atoms with Crippen LogP contribution in [0, 0.1) is 25.6 Å². The number of carboxylic acids is 2. The van der Waals surface area contributed by atoms with Gasteiger partial charge in [-0.15, -0.1) is 0 Å². The molecule has 5 heterocycles. The van der Waals surface area contributed by atoms with Crippen LogP contribution in [-0.4, -0.2) is 296 Å². The Bertz CT molecular complexity index is 4680.